The molecule has 0 fully saturated rings. The van der Waals surface area contributed by atoms with E-state index in [-0.39, 0.29) is 0 Å². The predicted molar refractivity (Wildman–Crippen MR) is 70.1 cm³/mol. The smallest absolute Gasteiger partial charge is 0.295 e. The molecule has 92 valence electrons. The largest absolute Gasteiger partial charge is 0.424 e. The van der Waals surface area contributed by atoms with Crippen LogP contribution in [0.2, 0.25) is 0 Å². The lowest BCUT2D eigenvalue weighted by molar-refractivity contribution is 0.324. The first kappa shape index (κ1) is 11.7. The van der Waals surface area contributed by atoms with Crippen LogP contribution in [0, 0.1) is 0 Å². The number of fused-ring (bicyclic) bond motifs is 1. The molecule has 3 N–H and O–H groups in total. The summed E-state index contributed by atoms with van der Waals surface area (Å²) >= 11 is 0. The van der Waals surface area contributed by atoms with Gasteiger partial charge in [-0.05, 0) is 39.2 Å². The van der Waals surface area contributed by atoms with Crippen molar-refractivity contribution in [3.63, 3.8) is 0 Å². The molecule has 2 rings (SSSR count). The van der Waals surface area contributed by atoms with E-state index in [9.17, 15) is 0 Å². The second-order valence-electron chi connectivity index (χ2n) is 4.44. The van der Waals surface area contributed by atoms with E-state index in [0.717, 1.165) is 17.6 Å². The summed E-state index contributed by atoms with van der Waals surface area (Å²) in [6.45, 7) is 2.92. The number of nitrogens with two attached hydrogens (primary N) is 1. The van der Waals surface area contributed by atoms with Gasteiger partial charge in [0.15, 0.2) is 5.58 Å². The molecule has 0 aliphatic carbocycles. The van der Waals surface area contributed by atoms with Crippen molar-refractivity contribution in [3.05, 3.63) is 18.2 Å². The number of benzene rings is 1. The van der Waals surface area contributed by atoms with Gasteiger partial charge in [0.25, 0.3) is 6.01 Å². The van der Waals surface area contributed by atoms with Gasteiger partial charge < -0.3 is 20.4 Å². The molecule has 0 radical (unpaired) electrons. The van der Waals surface area contributed by atoms with Gasteiger partial charge in [-0.15, -0.1) is 0 Å². The Bertz CT molecular complexity index is 506. The van der Waals surface area contributed by atoms with Crippen LogP contribution in [0.25, 0.3) is 11.1 Å². The normalized spacial score (nSPS) is 13.2. The van der Waals surface area contributed by atoms with Gasteiger partial charge in [-0.1, -0.05) is 0 Å². The lowest BCUT2D eigenvalue weighted by Crippen LogP contribution is -2.31. The van der Waals surface area contributed by atoms with E-state index >= 15 is 0 Å². The zero-order valence-electron chi connectivity index (χ0n) is 10.4. The number of hydrogen-bond donors (Lipinski definition) is 2. The third kappa shape index (κ3) is 2.68. The molecule has 1 aromatic heterocycles. The van der Waals surface area contributed by atoms with Gasteiger partial charge in [0.1, 0.15) is 5.52 Å². The highest BCUT2D eigenvalue weighted by Crippen LogP contribution is 2.20. The number of nitrogen functional groups attached to an aromatic ring is 1. The zero-order valence-corrected chi connectivity index (χ0v) is 10.4. The van der Waals surface area contributed by atoms with Crippen molar-refractivity contribution in [2.24, 2.45) is 0 Å². The van der Waals surface area contributed by atoms with E-state index in [1.54, 1.807) is 12.1 Å². The molecule has 1 aromatic carbocycles. The van der Waals surface area contributed by atoms with E-state index in [4.69, 9.17) is 10.2 Å². The van der Waals surface area contributed by atoms with Crippen LogP contribution in [0.4, 0.5) is 11.7 Å². The topological polar surface area (TPSA) is 67.3 Å². The van der Waals surface area contributed by atoms with Crippen LogP contribution in [0.5, 0.6) is 0 Å². The lowest BCUT2D eigenvalue weighted by Gasteiger charge is -2.19. The number of oxazole rings is 1. The molecule has 0 spiro atoms. The molecule has 2 aromatic rings. The first-order chi connectivity index (χ1) is 8.06. The molecule has 5 heteroatoms. The highest BCUT2D eigenvalue weighted by Gasteiger charge is 2.08. The summed E-state index contributed by atoms with van der Waals surface area (Å²) < 4.78 is 5.56. The van der Waals surface area contributed by atoms with Crippen molar-refractivity contribution in [3.8, 4) is 0 Å². The predicted octanol–water partition coefficient (Wildman–Crippen LogP) is 1.77. The number of hydrogen-bond acceptors (Lipinski definition) is 5. The van der Waals surface area contributed by atoms with Gasteiger partial charge >= 0.3 is 0 Å². The van der Waals surface area contributed by atoms with Crippen LogP contribution in [0.3, 0.4) is 0 Å². The molecule has 1 unspecified atom stereocenters. The Labute approximate surface area is 101 Å². The summed E-state index contributed by atoms with van der Waals surface area (Å²) in [7, 11) is 4.08. The fraction of sp³-hybridized carbons (Fsp3) is 0.417. The Morgan fingerprint density at radius 1 is 1.47 bits per heavy atom. The van der Waals surface area contributed by atoms with Crippen molar-refractivity contribution in [2.45, 2.75) is 13.0 Å². The van der Waals surface area contributed by atoms with Crippen molar-refractivity contribution < 1.29 is 4.42 Å². The first-order valence-corrected chi connectivity index (χ1v) is 5.62. The number of rotatable bonds is 4. The number of aromatic nitrogens is 1. The van der Waals surface area contributed by atoms with E-state index < -0.39 is 0 Å². The Morgan fingerprint density at radius 2 is 2.24 bits per heavy atom. The Balaban J connectivity index is 2.09. The summed E-state index contributed by atoms with van der Waals surface area (Å²) in [5.41, 5.74) is 7.91. The molecule has 17 heavy (non-hydrogen) atoms. The maximum absolute atomic E-state index is 5.69. The van der Waals surface area contributed by atoms with Gasteiger partial charge in [-0.25, -0.2) is 0 Å². The second-order valence-corrected chi connectivity index (χ2v) is 4.44. The maximum Gasteiger partial charge on any atom is 0.295 e. The summed E-state index contributed by atoms with van der Waals surface area (Å²) in [6, 6.07) is 6.39. The van der Waals surface area contributed by atoms with E-state index in [2.05, 4.69) is 22.1 Å². The maximum atomic E-state index is 5.69. The average Bonchev–Trinajstić information content (AvgIpc) is 2.67. The van der Waals surface area contributed by atoms with Crippen molar-refractivity contribution >= 4 is 22.8 Å². The van der Waals surface area contributed by atoms with Crippen molar-refractivity contribution in [1.29, 1.82) is 0 Å². The van der Waals surface area contributed by atoms with Gasteiger partial charge in [0, 0.05) is 18.3 Å². The summed E-state index contributed by atoms with van der Waals surface area (Å²) in [6.07, 6.45) is 0. The van der Waals surface area contributed by atoms with Crippen LogP contribution < -0.4 is 11.1 Å². The average molecular weight is 234 g/mol. The van der Waals surface area contributed by atoms with Crippen molar-refractivity contribution in [2.75, 3.05) is 31.7 Å². The third-order valence-electron chi connectivity index (χ3n) is 2.84. The fourth-order valence-electron chi connectivity index (χ4n) is 1.44. The van der Waals surface area contributed by atoms with Gasteiger partial charge in [-0.2, -0.15) is 4.98 Å². The molecule has 1 heterocycles. The number of nitrogens with one attached hydrogen (secondary N) is 1. The van der Waals surface area contributed by atoms with Crippen LogP contribution in [0.1, 0.15) is 6.92 Å². The molecule has 0 aliphatic heterocycles. The second kappa shape index (κ2) is 4.63. The van der Waals surface area contributed by atoms with E-state index in [1.807, 2.05) is 20.2 Å². The molecule has 0 saturated heterocycles. The molecule has 0 bridgehead atoms. The molecule has 1 atom stereocenters. The summed E-state index contributed by atoms with van der Waals surface area (Å²) in [4.78, 5) is 6.46. The molecule has 5 nitrogen and oxygen atoms in total. The van der Waals surface area contributed by atoms with Crippen molar-refractivity contribution in [1.82, 2.24) is 9.88 Å². The lowest BCUT2D eigenvalue weighted by atomic mass is 10.3. The molecule has 0 aliphatic rings. The summed E-state index contributed by atoms with van der Waals surface area (Å²) in [5.74, 6) is 0. The number of nitrogens with zero attached hydrogens (tertiary/aromatic N) is 2. The molecule has 0 amide bonds. The first-order valence-electron chi connectivity index (χ1n) is 5.62. The standard InChI is InChI=1S/C12H18N4O/c1-8(16(2)3)7-14-12-15-10-6-9(13)4-5-11(10)17-12/h4-6,8H,7,13H2,1-3H3,(H,14,15). The molecule has 0 saturated carbocycles. The van der Waals surface area contributed by atoms with E-state index in [0.29, 0.717) is 17.7 Å². The number of likely N-dealkylation sites (N-methyl/N-ethyl adjacent to an activating group) is 1. The SMILES string of the molecule is CC(CNc1nc2cc(N)ccc2o1)N(C)C. The van der Waals surface area contributed by atoms with Crippen LogP contribution >= 0.6 is 0 Å². The van der Waals surface area contributed by atoms with Crippen LogP contribution in [-0.2, 0) is 0 Å². The minimum atomic E-state index is 0.412. The van der Waals surface area contributed by atoms with Crippen LogP contribution in [-0.4, -0.2) is 36.6 Å². The Kier molecular flexibility index (Phi) is 3.19. The molecular weight excluding hydrogens is 216 g/mol. The Hall–Kier alpha value is -1.75. The highest BCUT2D eigenvalue weighted by atomic mass is 16.4. The highest BCUT2D eigenvalue weighted by molar-refractivity contribution is 5.78. The fourth-order valence-corrected chi connectivity index (χ4v) is 1.44. The Morgan fingerprint density at radius 3 is 2.94 bits per heavy atom. The minimum Gasteiger partial charge on any atom is -0.424 e. The quantitative estimate of drug-likeness (QED) is 0.789. The van der Waals surface area contributed by atoms with Crippen LogP contribution in [0.15, 0.2) is 22.6 Å². The van der Waals surface area contributed by atoms with E-state index in [1.165, 1.54) is 0 Å². The third-order valence-corrected chi connectivity index (χ3v) is 2.84. The monoisotopic (exact) mass is 234 g/mol. The van der Waals surface area contributed by atoms with Gasteiger partial charge in [-0.3, -0.25) is 0 Å². The molecular formula is C12H18N4O. The summed E-state index contributed by atoms with van der Waals surface area (Å²) in [5, 5.41) is 3.17. The minimum absolute atomic E-state index is 0.412. The zero-order chi connectivity index (χ0) is 12.4. The van der Waals surface area contributed by atoms with Gasteiger partial charge in [0.2, 0.25) is 0 Å². The van der Waals surface area contributed by atoms with Gasteiger partial charge in [0.05, 0.1) is 0 Å². The number of anilines is 2.